The summed E-state index contributed by atoms with van der Waals surface area (Å²) in [5.41, 5.74) is 8.34. The zero-order chi connectivity index (χ0) is 22.9. The number of pyridine rings is 2. The van der Waals surface area contributed by atoms with Crippen molar-refractivity contribution in [1.82, 2.24) is 9.88 Å². The number of hydrogen-bond donors (Lipinski definition) is 1. The Morgan fingerprint density at radius 1 is 1.06 bits per heavy atom. The third kappa shape index (κ3) is 4.77. The van der Waals surface area contributed by atoms with Gasteiger partial charge in [0.1, 0.15) is 0 Å². The van der Waals surface area contributed by atoms with Crippen LogP contribution in [0.25, 0.3) is 5.57 Å². The summed E-state index contributed by atoms with van der Waals surface area (Å²) in [5.74, 6) is 0.121. The lowest BCUT2D eigenvalue weighted by Gasteiger charge is -2.30. The van der Waals surface area contributed by atoms with Gasteiger partial charge in [-0.3, -0.25) is 15.0 Å². The van der Waals surface area contributed by atoms with E-state index >= 15 is 0 Å². The highest BCUT2D eigenvalue weighted by molar-refractivity contribution is 14.1. The van der Waals surface area contributed by atoms with E-state index in [1.807, 2.05) is 17.2 Å². The summed E-state index contributed by atoms with van der Waals surface area (Å²) >= 11 is 8.66. The first kappa shape index (κ1) is 22.3. The first-order valence-electron chi connectivity index (χ1n) is 11.1. The topological polar surface area (TPSA) is 57.3 Å². The highest BCUT2D eigenvalue weighted by atomic mass is 127. The summed E-state index contributed by atoms with van der Waals surface area (Å²) in [5, 5.41) is 10.1. The van der Waals surface area contributed by atoms with Gasteiger partial charge in [0.15, 0.2) is 0 Å². The molecule has 0 bridgehead atoms. The van der Waals surface area contributed by atoms with E-state index in [0.29, 0.717) is 19.5 Å². The van der Waals surface area contributed by atoms with Gasteiger partial charge < -0.3 is 4.90 Å². The number of halogens is 2. The molecule has 0 saturated carbocycles. The maximum Gasteiger partial charge on any atom is 0.227 e. The quantitative estimate of drug-likeness (QED) is 0.277. The number of likely N-dealkylation sites (tertiary alicyclic amines) is 1. The minimum absolute atomic E-state index is 0.121. The molecule has 1 saturated heterocycles. The molecule has 7 heteroatoms. The number of aryl methyl sites for hydroxylation is 2. The molecule has 0 atom stereocenters. The van der Waals surface area contributed by atoms with E-state index in [9.17, 15) is 10.0 Å². The van der Waals surface area contributed by atoms with Crippen LogP contribution in [0.2, 0.25) is 5.02 Å². The Labute approximate surface area is 211 Å². The molecule has 33 heavy (non-hydrogen) atoms. The van der Waals surface area contributed by atoms with Crippen LogP contribution in [0.1, 0.15) is 40.8 Å². The molecule has 1 N–H and O–H groups in total. The predicted molar refractivity (Wildman–Crippen MR) is 135 cm³/mol. The number of benzene rings is 1. The van der Waals surface area contributed by atoms with Crippen molar-refractivity contribution >= 4 is 45.7 Å². The van der Waals surface area contributed by atoms with Crippen molar-refractivity contribution in [3.05, 3.63) is 97.1 Å². The monoisotopic (exact) mass is 572 g/mol. The SMILES string of the molecule is O=C(Cc1cc[n+](O)cc1)N1CCC(=C2c3ccc(Cl)cc3CCc3cc(I)cnc32)CC1. The first-order chi connectivity index (χ1) is 16.0. The summed E-state index contributed by atoms with van der Waals surface area (Å²) < 4.78 is 2.13. The minimum atomic E-state index is 0.121. The molecule has 0 spiro atoms. The average Bonchev–Trinajstić information content (AvgIpc) is 2.97. The van der Waals surface area contributed by atoms with Crippen LogP contribution in [0.5, 0.6) is 0 Å². The van der Waals surface area contributed by atoms with Gasteiger partial charge in [0, 0.05) is 50.3 Å². The molecule has 0 unspecified atom stereocenters. The molecule has 1 fully saturated rings. The number of amides is 1. The molecule has 5 nitrogen and oxygen atoms in total. The van der Waals surface area contributed by atoms with Gasteiger partial charge in [0.2, 0.25) is 18.3 Å². The summed E-state index contributed by atoms with van der Waals surface area (Å²) in [6, 6.07) is 12.0. The smallest absolute Gasteiger partial charge is 0.227 e. The lowest BCUT2D eigenvalue weighted by molar-refractivity contribution is -0.904. The van der Waals surface area contributed by atoms with Crippen LogP contribution in [-0.4, -0.2) is 34.1 Å². The number of rotatable bonds is 2. The Balaban J connectivity index is 1.44. The van der Waals surface area contributed by atoms with Crippen LogP contribution < -0.4 is 4.73 Å². The highest BCUT2D eigenvalue weighted by Crippen LogP contribution is 2.38. The standard InChI is InChI=1S/C26H24ClIN3O2/c27-21-3-4-23-19(14-21)1-2-20-15-22(28)16-29-26(20)25(23)18-7-9-30(10-8-18)24(32)13-17-5-11-31(33)12-6-17/h3-6,11-12,14-16,33H,1-2,7-10,13H2/q+1. The van der Waals surface area contributed by atoms with Gasteiger partial charge in [-0.1, -0.05) is 23.2 Å². The molecular formula is C26H24ClIN3O2+. The summed E-state index contributed by atoms with van der Waals surface area (Å²) in [7, 11) is 0. The van der Waals surface area contributed by atoms with Gasteiger partial charge in [-0.2, -0.15) is 0 Å². The fourth-order valence-electron chi connectivity index (χ4n) is 4.79. The second-order valence-corrected chi connectivity index (χ2v) is 10.3. The Bertz CT molecular complexity index is 1190. The number of fused-ring (bicyclic) bond motifs is 2. The van der Waals surface area contributed by atoms with Crippen molar-refractivity contribution in [3.8, 4) is 0 Å². The highest BCUT2D eigenvalue weighted by Gasteiger charge is 2.27. The van der Waals surface area contributed by atoms with Crippen LogP contribution in [0.3, 0.4) is 0 Å². The number of piperidine rings is 1. The van der Waals surface area contributed by atoms with Crippen molar-refractivity contribution in [2.75, 3.05) is 13.1 Å². The van der Waals surface area contributed by atoms with Gasteiger partial charge in [-0.25, -0.2) is 0 Å². The van der Waals surface area contributed by atoms with Crippen LogP contribution in [0.15, 0.2) is 60.6 Å². The first-order valence-corrected chi connectivity index (χ1v) is 12.6. The lowest BCUT2D eigenvalue weighted by atomic mass is 9.88. The molecule has 2 aliphatic rings. The fraction of sp³-hybridized carbons (Fsp3) is 0.269. The van der Waals surface area contributed by atoms with E-state index in [0.717, 1.165) is 50.3 Å². The number of hydrogen-bond acceptors (Lipinski definition) is 3. The molecule has 2 aromatic heterocycles. The van der Waals surface area contributed by atoms with Gasteiger partial charge in [0.05, 0.1) is 12.1 Å². The Morgan fingerprint density at radius 3 is 2.55 bits per heavy atom. The maximum absolute atomic E-state index is 12.9. The van der Waals surface area contributed by atoms with Crippen LogP contribution >= 0.6 is 34.2 Å². The van der Waals surface area contributed by atoms with E-state index < -0.39 is 0 Å². The molecule has 1 aliphatic heterocycles. The zero-order valence-corrected chi connectivity index (χ0v) is 21.0. The number of nitrogens with zero attached hydrogens (tertiary/aromatic N) is 3. The molecule has 3 aromatic rings. The van der Waals surface area contributed by atoms with Crippen molar-refractivity contribution in [1.29, 1.82) is 0 Å². The molecule has 1 aliphatic carbocycles. The van der Waals surface area contributed by atoms with Crippen molar-refractivity contribution in [3.63, 3.8) is 0 Å². The van der Waals surface area contributed by atoms with Crippen molar-refractivity contribution in [2.45, 2.75) is 32.1 Å². The number of carbonyl (C=O) groups is 1. The molecular weight excluding hydrogens is 549 g/mol. The van der Waals surface area contributed by atoms with Gasteiger partial charge in [0.25, 0.3) is 0 Å². The molecule has 168 valence electrons. The van der Waals surface area contributed by atoms with Gasteiger partial charge in [-0.05, 0) is 88.7 Å². The predicted octanol–water partition coefficient (Wildman–Crippen LogP) is 4.63. The van der Waals surface area contributed by atoms with Crippen LogP contribution in [-0.2, 0) is 24.1 Å². The Hall–Kier alpha value is -2.45. The average molecular weight is 573 g/mol. The van der Waals surface area contributed by atoms with Crippen molar-refractivity contribution < 1.29 is 14.7 Å². The molecule has 1 amide bonds. The van der Waals surface area contributed by atoms with E-state index in [1.54, 1.807) is 24.5 Å². The van der Waals surface area contributed by atoms with E-state index in [2.05, 4.69) is 40.8 Å². The molecule has 0 radical (unpaired) electrons. The number of carbonyl (C=O) groups excluding carboxylic acids is 1. The van der Waals surface area contributed by atoms with Crippen LogP contribution in [0, 0.1) is 3.57 Å². The molecule has 1 aromatic carbocycles. The van der Waals surface area contributed by atoms with Crippen molar-refractivity contribution in [2.24, 2.45) is 0 Å². The van der Waals surface area contributed by atoms with E-state index in [-0.39, 0.29) is 5.91 Å². The maximum atomic E-state index is 12.9. The summed E-state index contributed by atoms with van der Waals surface area (Å²) in [6.07, 6.45) is 8.93. The van der Waals surface area contributed by atoms with Gasteiger partial charge >= 0.3 is 0 Å². The largest absolute Gasteiger partial charge is 0.342 e. The second kappa shape index (κ2) is 9.43. The zero-order valence-electron chi connectivity index (χ0n) is 18.1. The Morgan fingerprint density at radius 2 is 1.79 bits per heavy atom. The third-order valence-corrected chi connectivity index (χ3v) is 7.31. The number of aromatic nitrogens is 2. The summed E-state index contributed by atoms with van der Waals surface area (Å²) in [4.78, 5) is 19.7. The lowest BCUT2D eigenvalue weighted by Crippen LogP contribution is -2.37. The van der Waals surface area contributed by atoms with E-state index in [1.165, 1.54) is 27.8 Å². The third-order valence-electron chi connectivity index (χ3n) is 6.48. The van der Waals surface area contributed by atoms with Crippen LogP contribution in [0.4, 0.5) is 0 Å². The molecule has 3 heterocycles. The molecule has 5 rings (SSSR count). The fourth-order valence-corrected chi connectivity index (χ4v) is 5.50. The van der Waals surface area contributed by atoms with Gasteiger partial charge in [-0.15, -0.1) is 0 Å². The Kier molecular flexibility index (Phi) is 6.38. The summed E-state index contributed by atoms with van der Waals surface area (Å²) in [6.45, 7) is 1.40. The van der Waals surface area contributed by atoms with E-state index in [4.69, 9.17) is 16.6 Å². The second-order valence-electron chi connectivity index (χ2n) is 8.59. The minimum Gasteiger partial charge on any atom is -0.342 e. The normalized spacial score (nSPS) is 15.6.